The van der Waals surface area contributed by atoms with Gasteiger partial charge in [0.15, 0.2) is 0 Å². The average Bonchev–Trinajstić information content (AvgIpc) is 2.07. The minimum atomic E-state index is 0.551. The van der Waals surface area contributed by atoms with E-state index in [1.54, 1.807) is 12.4 Å². The van der Waals surface area contributed by atoms with E-state index in [1.807, 2.05) is 12.1 Å². The first-order valence-corrected chi connectivity index (χ1v) is 3.45. The van der Waals surface area contributed by atoms with Gasteiger partial charge in [-0.15, -0.1) is 0 Å². The molecule has 0 aliphatic heterocycles. The van der Waals surface area contributed by atoms with Crippen LogP contribution in [-0.2, 0) is 0 Å². The number of ether oxygens (including phenoxy) is 1. The smallest absolute Gasteiger partial charge is 0.137 e. The molecule has 0 saturated heterocycles. The fourth-order valence-electron chi connectivity index (χ4n) is 0.668. The monoisotopic (exact) mass is 150 g/mol. The Labute approximate surface area is 65.5 Å². The van der Waals surface area contributed by atoms with E-state index in [1.165, 1.54) is 6.21 Å². The van der Waals surface area contributed by atoms with Crippen LogP contribution in [0.3, 0.4) is 0 Å². The van der Waals surface area contributed by atoms with Crippen LogP contribution < -0.4 is 4.74 Å². The highest BCUT2D eigenvalue weighted by atomic mass is 16.5. The van der Waals surface area contributed by atoms with E-state index in [0.29, 0.717) is 13.0 Å². The number of hydrogen-bond donors (Lipinski definition) is 1. The molecule has 0 aliphatic rings. The molecule has 0 aliphatic carbocycles. The number of pyridine rings is 1. The third-order valence-corrected chi connectivity index (χ3v) is 1.17. The Bertz CT molecular complexity index is 211. The van der Waals surface area contributed by atoms with Gasteiger partial charge < -0.3 is 10.1 Å². The largest absolute Gasteiger partial charge is 0.492 e. The summed E-state index contributed by atoms with van der Waals surface area (Å²) >= 11 is 0. The molecule has 1 heterocycles. The summed E-state index contributed by atoms with van der Waals surface area (Å²) in [5, 5.41) is 6.75. The lowest BCUT2D eigenvalue weighted by molar-refractivity contribution is 0.329. The van der Waals surface area contributed by atoms with Gasteiger partial charge in [0, 0.05) is 12.6 Å². The second kappa shape index (κ2) is 4.44. The molecule has 1 N–H and O–H groups in total. The highest BCUT2D eigenvalue weighted by Gasteiger charge is 1.88. The van der Waals surface area contributed by atoms with Crippen LogP contribution in [0, 0.1) is 5.41 Å². The zero-order valence-corrected chi connectivity index (χ0v) is 6.16. The van der Waals surface area contributed by atoms with Crippen molar-refractivity contribution in [2.45, 2.75) is 6.42 Å². The summed E-state index contributed by atoms with van der Waals surface area (Å²) in [4.78, 5) is 3.88. The lowest BCUT2D eigenvalue weighted by atomic mass is 10.4. The molecule has 0 amide bonds. The first-order chi connectivity index (χ1) is 5.43. The molecule has 3 nitrogen and oxygen atoms in total. The predicted molar refractivity (Wildman–Crippen MR) is 43.1 cm³/mol. The van der Waals surface area contributed by atoms with Crippen LogP contribution in [0.25, 0.3) is 0 Å². The minimum Gasteiger partial charge on any atom is -0.492 e. The molecule has 58 valence electrons. The summed E-state index contributed by atoms with van der Waals surface area (Å²) in [6, 6.07) is 3.66. The Morgan fingerprint density at radius 1 is 1.64 bits per heavy atom. The standard InChI is InChI=1S/C8H10N2O/c9-4-2-6-11-8-3-1-5-10-7-8/h1,3-5,7,9H,2,6H2. The first kappa shape index (κ1) is 7.72. The summed E-state index contributed by atoms with van der Waals surface area (Å²) in [6.07, 6.45) is 5.33. The van der Waals surface area contributed by atoms with Gasteiger partial charge >= 0.3 is 0 Å². The van der Waals surface area contributed by atoms with Crippen molar-refractivity contribution in [3.05, 3.63) is 24.5 Å². The second-order valence-corrected chi connectivity index (χ2v) is 2.03. The Balaban J connectivity index is 2.33. The summed E-state index contributed by atoms with van der Waals surface area (Å²) < 4.78 is 5.23. The van der Waals surface area contributed by atoms with E-state index in [0.717, 1.165) is 5.75 Å². The minimum absolute atomic E-state index is 0.551. The van der Waals surface area contributed by atoms with Gasteiger partial charge in [-0.1, -0.05) is 0 Å². The normalized spacial score (nSPS) is 9.09. The van der Waals surface area contributed by atoms with Crippen molar-refractivity contribution in [2.24, 2.45) is 0 Å². The van der Waals surface area contributed by atoms with Gasteiger partial charge in [0.2, 0.25) is 0 Å². The maximum absolute atomic E-state index is 6.75. The molecule has 0 bridgehead atoms. The summed E-state index contributed by atoms with van der Waals surface area (Å²) in [6.45, 7) is 0.551. The summed E-state index contributed by atoms with van der Waals surface area (Å²) in [5.41, 5.74) is 0. The zero-order valence-electron chi connectivity index (χ0n) is 6.16. The molecule has 1 aromatic heterocycles. The van der Waals surface area contributed by atoms with Gasteiger partial charge in [0.05, 0.1) is 12.8 Å². The van der Waals surface area contributed by atoms with Gasteiger partial charge in [-0.05, 0) is 18.3 Å². The van der Waals surface area contributed by atoms with Crippen molar-refractivity contribution in [3.63, 3.8) is 0 Å². The van der Waals surface area contributed by atoms with Crippen molar-refractivity contribution < 1.29 is 4.74 Å². The number of nitrogens with zero attached hydrogens (tertiary/aromatic N) is 1. The highest BCUT2D eigenvalue weighted by molar-refractivity contribution is 5.52. The Kier molecular flexibility index (Phi) is 3.12. The van der Waals surface area contributed by atoms with Crippen LogP contribution in [0.15, 0.2) is 24.5 Å². The number of aromatic nitrogens is 1. The molecular formula is C8H10N2O. The molecule has 0 saturated carbocycles. The van der Waals surface area contributed by atoms with Crippen molar-refractivity contribution in [1.82, 2.24) is 4.98 Å². The molecule has 11 heavy (non-hydrogen) atoms. The van der Waals surface area contributed by atoms with Gasteiger partial charge in [-0.25, -0.2) is 0 Å². The van der Waals surface area contributed by atoms with Gasteiger partial charge in [0.25, 0.3) is 0 Å². The molecule has 0 fully saturated rings. The molecule has 0 aromatic carbocycles. The fraction of sp³-hybridized carbons (Fsp3) is 0.250. The van der Waals surface area contributed by atoms with E-state index < -0.39 is 0 Å². The molecule has 1 rings (SSSR count). The number of rotatable bonds is 4. The van der Waals surface area contributed by atoms with Gasteiger partial charge in [-0.2, -0.15) is 0 Å². The van der Waals surface area contributed by atoms with Crippen molar-refractivity contribution in [3.8, 4) is 5.75 Å². The summed E-state index contributed by atoms with van der Waals surface area (Å²) in [7, 11) is 0. The first-order valence-electron chi connectivity index (χ1n) is 3.45. The molecule has 3 heteroatoms. The Hall–Kier alpha value is -1.38. The Morgan fingerprint density at radius 2 is 2.55 bits per heavy atom. The third-order valence-electron chi connectivity index (χ3n) is 1.17. The topological polar surface area (TPSA) is 46.0 Å². The van der Waals surface area contributed by atoms with Crippen LogP contribution in [0.2, 0.25) is 0 Å². The van der Waals surface area contributed by atoms with Gasteiger partial charge in [0.1, 0.15) is 5.75 Å². The molecule has 0 atom stereocenters. The van der Waals surface area contributed by atoms with E-state index in [4.69, 9.17) is 10.1 Å². The predicted octanol–water partition coefficient (Wildman–Crippen LogP) is 1.50. The SMILES string of the molecule is N=CCCOc1cccnc1. The van der Waals surface area contributed by atoms with E-state index in [-0.39, 0.29) is 0 Å². The molecule has 0 unspecified atom stereocenters. The van der Waals surface area contributed by atoms with Crippen LogP contribution in [-0.4, -0.2) is 17.8 Å². The van der Waals surface area contributed by atoms with Crippen LogP contribution in [0.1, 0.15) is 6.42 Å². The molecular weight excluding hydrogens is 140 g/mol. The molecule has 0 spiro atoms. The van der Waals surface area contributed by atoms with Crippen molar-refractivity contribution in [1.29, 1.82) is 5.41 Å². The van der Waals surface area contributed by atoms with E-state index in [2.05, 4.69) is 4.98 Å². The lowest BCUT2D eigenvalue weighted by Crippen LogP contribution is -1.97. The zero-order chi connectivity index (χ0) is 7.94. The summed E-state index contributed by atoms with van der Waals surface area (Å²) in [5.74, 6) is 0.759. The maximum Gasteiger partial charge on any atom is 0.137 e. The lowest BCUT2D eigenvalue weighted by Gasteiger charge is -2.01. The quantitative estimate of drug-likeness (QED) is 0.522. The van der Waals surface area contributed by atoms with Crippen molar-refractivity contribution in [2.75, 3.05) is 6.61 Å². The average molecular weight is 150 g/mol. The fourth-order valence-corrected chi connectivity index (χ4v) is 0.668. The maximum atomic E-state index is 6.75. The van der Waals surface area contributed by atoms with Crippen LogP contribution >= 0.6 is 0 Å². The number of nitrogens with one attached hydrogen (secondary N) is 1. The van der Waals surface area contributed by atoms with Gasteiger partial charge in [-0.3, -0.25) is 4.98 Å². The van der Waals surface area contributed by atoms with E-state index in [9.17, 15) is 0 Å². The highest BCUT2D eigenvalue weighted by Crippen LogP contribution is 2.05. The third kappa shape index (κ3) is 2.80. The van der Waals surface area contributed by atoms with E-state index >= 15 is 0 Å². The molecule has 1 aromatic rings. The molecule has 0 radical (unpaired) electrons. The van der Waals surface area contributed by atoms with Crippen molar-refractivity contribution >= 4 is 6.21 Å². The number of hydrogen-bond acceptors (Lipinski definition) is 3. The Morgan fingerprint density at radius 3 is 3.18 bits per heavy atom. The van der Waals surface area contributed by atoms with Crippen LogP contribution in [0.4, 0.5) is 0 Å². The van der Waals surface area contributed by atoms with Crippen LogP contribution in [0.5, 0.6) is 5.75 Å². The second-order valence-electron chi connectivity index (χ2n) is 2.03.